The van der Waals surface area contributed by atoms with Gasteiger partial charge in [0.05, 0.1) is 9.83 Å². The molecule has 20 heavy (non-hydrogen) atoms. The van der Waals surface area contributed by atoms with Crippen molar-refractivity contribution in [1.29, 1.82) is 0 Å². The van der Waals surface area contributed by atoms with Crippen molar-refractivity contribution in [2.75, 3.05) is 6.54 Å². The van der Waals surface area contributed by atoms with Gasteiger partial charge >= 0.3 is 0 Å². The molecule has 0 saturated heterocycles. The molecule has 2 rings (SSSR count). The molecule has 1 aromatic heterocycles. The molecule has 0 fully saturated rings. The van der Waals surface area contributed by atoms with Gasteiger partial charge in [0.1, 0.15) is 11.6 Å². The van der Waals surface area contributed by atoms with Crippen molar-refractivity contribution in [3.8, 4) is 0 Å². The van der Waals surface area contributed by atoms with Gasteiger partial charge in [-0.3, -0.25) is 0 Å². The van der Waals surface area contributed by atoms with Crippen LogP contribution in [0.4, 0.5) is 8.78 Å². The van der Waals surface area contributed by atoms with E-state index < -0.39 is 11.6 Å². The Labute approximate surface area is 130 Å². The second-order valence-corrected chi connectivity index (χ2v) is 7.31. The van der Waals surface area contributed by atoms with Crippen LogP contribution in [-0.4, -0.2) is 6.54 Å². The van der Waals surface area contributed by atoms with Crippen LogP contribution >= 0.6 is 27.3 Å². The lowest BCUT2D eigenvalue weighted by Gasteiger charge is -2.20. The molecule has 0 saturated carbocycles. The summed E-state index contributed by atoms with van der Waals surface area (Å²) in [6.45, 7) is 6.33. The first kappa shape index (κ1) is 15.6. The van der Waals surface area contributed by atoms with Gasteiger partial charge in [0.2, 0.25) is 0 Å². The zero-order valence-electron chi connectivity index (χ0n) is 11.6. The quantitative estimate of drug-likeness (QED) is 0.800. The molecule has 0 radical (unpaired) electrons. The summed E-state index contributed by atoms with van der Waals surface area (Å²) in [7, 11) is 0. The molecule has 1 heterocycles. The number of halogens is 3. The Bertz CT molecular complexity index is 625. The smallest absolute Gasteiger partial charge is 0.131 e. The Kier molecular flexibility index (Phi) is 4.94. The first-order valence-corrected chi connectivity index (χ1v) is 7.99. The maximum Gasteiger partial charge on any atom is 0.131 e. The van der Waals surface area contributed by atoms with Crippen LogP contribution < -0.4 is 5.32 Å². The molecular weight excluding hydrogens is 344 g/mol. The average molecular weight is 360 g/mol. The van der Waals surface area contributed by atoms with E-state index in [-0.39, 0.29) is 6.04 Å². The monoisotopic (exact) mass is 359 g/mol. The fourth-order valence-corrected chi connectivity index (χ4v) is 3.99. The van der Waals surface area contributed by atoms with E-state index in [1.165, 1.54) is 0 Å². The zero-order valence-corrected chi connectivity index (χ0v) is 14.0. The number of hydrogen-bond acceptors (Lipinski definition) is 2. The van der Waals surface area contributed by atoms with Crippen LogP contribution in [0.2, 0.25) is 0 Å². The summed E-state index contributed by atoms with van der Waals surface area (Å²) >= 11 is 5.07. The fourth-order valence-electron chi connectivity index (χ4n) is 2.24. The van der Waals surface area contributed by atoms with E-state index in [4.69, 9.17) is 0 Å². The Balaban J connectivity index is 2.54. The number of benzene rings is 1. The molecule has 2 aromatic rings. The van der Waals surface area contributed by atoms with Crippen LogP contribution in [0.1, 0.15) is 34.5 Å². The molecule has 1 unspecified atom stereocenters. The van der Waals surface area contributed by atoms with Gasteiger partial charge in [-0.25, -0.2) is 8.78 Å². The molecule has 1 aromatic carbocycles. The number of aryl methyl sites for hydroxylation is 2. The van der Waals surface area contributed by atoms with Gasteiger partial charge in [-0.05, 0) is 59.6 Å². The summed E-state index contributed by atoms with van der Waals surface area (Å²) < 4.78 is 28.6. The van der Waals surface area contributed by atoms with Gasteiger partial charge < -0.3 is 5.32 Å². The van der Waals surface area contributed by atoms with Crippen molar-refractivity contribution in [2.45, 2.75) is 26.8 Å². The van der Waals surface area contributed by atoms with Gasteiger partial charge in [0.25, 0.3) is 0 Å². The molecule has 0 spiro atoms. The third-order valence-corrected chi connectivity index (χ3v) is 4.80. The minimum Gasteiger partial charge on any atom is -0.306 e. The maximum atomic E-state index is 14.1. The maximum absolute atomic E-state index is 14.1. The van der Waals surface area contributed by atoms with Crippen molar-refractivity contribution >= 4 is 27.3 Å². The summed E-state index contributed by atoms with van der Waals surface area (Å²) in [6.07, 6.45) is 0. The number of hydrogen-bond donors (Lipinski definition) is 1. The molecule has 0 aliphatic heterocycles. The molecule has 0 aliphatic carbocycles. The molecule has 5 heteroatoms. The summed E-state index contributed by atoms with van der Waals surface area (Å²) in [6, 6.07) is 4.28. The van der Waals surface area contributed by atoms with E-state index >= 15 is 0 Å². The second-order valence-electron chi connectivity index (χ2n) is 4.68. The second kappa shape index (κ2) is 6.33. The lowest BCUT2D eigenvalue weighted by molar-refractivity contribution is 0.537. The van der Waals surface area contributed by atoms with E-state index in [1.807, 2.05) is 19.9 Å². The van der Waals surface area contributed by atoms with E-state index in [0.29, 0.717) is 17.7 Å². The highest BCUT2D eigenvalue weighted by molar-refractivity contribution is 9.11. The lowest BCUT2D eigenvalue weighted by Crippen LogP contribution is -2.23. The highest BCUT2D eigenvalue weighted by Gasteiger charge is 2.21. The fraction of sp³-hybridized carbons (Fsp3) is 0.333. The van der Waals surface area contributed by atoms with Gasteiger partial charge in [-0.15, -0.1) is 11.3 Å². The molecule has 1 atom stereocenters. The predicted octanol–water partition coefficient (Wildman–Crippen LogP) is 5.10. The Morgan fingerprint density at radius 2 is 1.85 bits per heavy atom. The SMILES string of the molecule is CCNC(c1cc(C)c(F)cc1F)c1cc(Br)sc1C. The molecule has 1 nitrogen and oxygen atoms in total. The van der Waals surface area contributed by atoms with Crippen LogP contribution in [0.25, 0.3) is 0 Å². The van der Waals surface area contributed by atoms with Crippen LogP contribution in [0.5, 0.6) is 0 Å². The molecule has 0 bridgehead atoms. The van der Waals surface area contributed by atoms with Crippen molar-refractivity contribution in [3.05, 3.63) is 55.2 Å². The van der Waals surface area contributed by atoms with E-state index in [2.05, 4.69) is 21.2 Å². The van der Waals surface area contributed by atoms with E-state index in [1.54, 1.807) is 24.3 Å². The van der Waals surface area contributed by atoms with E-state index in [9.17, 15) is 8.78 Å². The van der Waals surface area contributed by atoms with E-state index in [0.717, 1.165) is 20.3 Å². The number of nitrogens with one attached hydrogen (secondary N) is 1. The van der Waals surface area contributed by atoms with Crippen LogP contribution in [0.3, 0.4) is 0 Å². The van der Waals surface area contributed by atoms with Crippen molar-refractivity contribution in [2.24, 2.45) is 0 Å². The topological polar surface area (TPSA) is 12.0 Å². The van der Waals surface area contributed by atoms with Crippen molar-refractivity contribution < 1.29 is 8.78 Å². The van der Waals surface area contributed by atoms with Crippen LogP contribution in [0.15, 0.2) is 22.0 Å². The van der Waals surface area contributed by atoms with Gasteiger partial charge in [-0.1, -0.05) is 6.92 Å². The molecule has 1 N–H and O–H groups in total. The number of rotatable bonds is 4. The van der Waals surface area contributed by atoms with Gasteiger partial charge in [-0.2, -0.15) is 0 Å². The minimum atomic E-state index is -0.513. The average Bonchev–Trinajstić information content (AvgIpc) is 2.70. The minimum absolute atomic E-state index is 0.262. The lowest BCUT2D eigenvalue weighted by atomic mass is 9.97. The summed E-state index contributed by atoms with van der Waals surface area (Å²) in [5, 5.41) is 3.28. The Morgan fingerprint density at radius 1 is 1.15 bits per heavy atom. The number of thiophene rings is 1. The van der Waals surface area contributed by atoms with Crippen LogP contribution in [0, 0.1) is 25.5 Å². The zero-order chi connectivity index (χ0) is 14.9. The summed E-state index contributed by atoms with van der Waals surface area (Å²) in [5.41, 5.74) is 1.96. The van der Waals surface area contributed by atoms with Gasteiger partial charge in [0, 0.05) is 16.5 Å². The molecule has 0 amide bonds. The summed E-state index contributed by atoms with van der Waals surface area (Å²) in [5.74, 6) is -1.02. The predicted molar refractivity (Wildman–Crippen MR) is 83.4 cm³/mol. The first-order chi connectivity index (χ1) is 9.43. The summed E-state index contributed by atoms with van der Waals surface area (Å²) in [4.78, 5) is 1.12. The first-order valence-electron chi connectivity index (χ1n) is 6.38. The molecule has 108 valence electrons. The molecular formula is C15H16BrF2NS. The van der Waals surface area contributed by atoms with Crippen molar-refractivity contribution in [1.82, 2.24) is 5.32 Å². The third kappa shape index (κ3) is 3.10. The Hall–Kier alpha value is -0.780. The van der Waals surface area contributed by atoms with Crippen LogP contribution in [-0.2, 0) is 0 Å². The Morgan fingerprint density at radius 3 is 2.40 bits per heavy atom. The molecule has 0 aliphatic rings. The normalized spacial score (nSPS) is 12.7. The third-order valence-electron chi connectivity index (χ3n) is 3.23. The van der Waals surface area contributed by atoms with Crippen molar-refractivity contribution in [3.63, 3.8) is 0 Å². The highest BCUT2D eigenvalue weighted by Crippen LogP contribution is 2.35. The standard InChI is InChI=1S/C15H16BrF2NS/c1-4-19-15(10-6-14(16)20-9(10)3)11-5-8(2)12(17)7-13(11)18/h5-7,15,19H,4H2,1-3H3. The largest absolute Gasteiger partial charge is 0.306 e. The highest BCUT2D eigenvalue weighted by atomic mass is 79.9. The van der Waals surface area contributed by atoms with Gasteiger partial charge in [0.15, 0.2) is 0 Å².